The molecule has 364 valence electrons. The van der Waals surface area contributed by atoms with Crippen molar-refractivity contribution in [1.82, 2.24) is 23.8 Å². The van der Waals surface area contributed by atoms with Crippen LogP contribution in [0.1, 0.15) is 152 Å². The van der Waals surface area contributed by atoms with E-state index in [0.29, 0.717) is 47.0 Å². The fourth-order valence-corrected chi connectivity index (χ4v) is 11.3. The summed E-state index contributed by atoms with van der Waals surface area (Å²) in [7, 11) is 0. The van der Waals surface area contributed by atoms with Gasteiger partial charge in [-0.1, -0.05) is 202 Å². The maximum Gasteiger partial charge on any atom is 2.00 e. The summed E-state index contributed by atoms with van der Waals surface area (Å²) in [5.74, 6) is 3.16. The van der Waals surface area contributed by atoms with Gasteiger partial charge in [0.2, 0.25) is 0 Å². The molecule has 5 aromatic heterocycles. The van der Waals surface area contributed by atoms with Crippen LogP contribution in [0, 0.1) is 12.1 Å². The van der Waals surface area contributed by atoms with E-state index in [4.69, 9.17) is 19.7 Å². The molecule has 72 heavy (non-hydrogen) atoms. The van der Waals surface area contributed by atoms with Crippen molar-refractivity contribution >= 4 is 54.8 Å². The van der Waals surface area contributed by atoms with Crippen molar-refractivity contribution in [2.24, 2.45) is 0 Å². The van der Waals surface area contributed by atoms with E-state index in [1.165, 1.54) is 55.6 Å². The fraction of sp³-hybridized carbons (Fsp3) is 0.277. The first-order valence-electron chi connectivity index (χ1n) is 25.7. The maximum atomic E-state index is 6.85. The molecule has 0 atom stereocenters. The summed E-state index contributed by atoms with van der Waals surface area (Å²) in [6, 6.07) is 47.3. The summed E-state index contributed by atoms with van der Waals surface area (Å²) in [6.45, 7) is 27.4. The molecule has 0 unspecified atom stereocenters. The summed E-state index contributed by atoms with van der Waals surface area (Å²) < 4.78 is 11.5. The smallest absolute Gasteiger partial charge is 0.497 e. The van der Waals surface area contributed by atoms with Crippen molar-refractivity contribution in [2.45, 2.75) is 119 Å². The van der Waals surface area contributed by atoms with Crippen molar-refractivity contribution in [3.8, 4) is 45.1 Å². The fourth-order valence-electron chi connectivity index (χ4n) is 11.3. The van der Waals surface area contributed by atoms with Gasteiger partial charge in [-0.25, -0.2) is 4.98 Å². The first-order chi connectivity index (χ1) is 34.2. The van der Waals surface area contributed by atoms with Gasteiger partial charge in [-0.05, 0) is 103 Å². The molecule has 0 aliphatic heterocycles. The Morgan fingerprint density at radius 3 is 1.29 bits per heavy atom. The molecule has 0 amide bonds. The molecule has 6 nitrogen and oxygen atoms in total. The Bertz CT molecular complexity index is 3810. The number of imidazole rings is 2. The second kappa shape index (κ2) is 19.1. The van der Waals surface area contributed by atoms with E-state index < -0.39 is 0 Å². The SMILES string of the molecule is CC(C)c1cccc(C(C)C)c1-c1ccc2c3ccc(Oc4[c-]c5c(cc4)c4cccnc4n4c(-c6c(C(C)C)cccc6C(C)C)cnc54)[c-]c3c3ncc(-c4c(C(C)C)cccc4C(C)C)n3c2c1.[Pt+2]. The monoisotopic (exact) mass is 1120 g/mol. The third kappa shape index (κ3) is 8.02. The number of rotatable bonds is 11. The topological polar surface area (TPSA) is 56.7 Å². The Morgan fingerprint density at radius 1 is 0.403 bits per heavy atom. The van der Waals surface area contributed by atoms with E-state index in [1.54, 1.807) is 0 Å². The molecule has 0 aliphatic carbocycles. The molecule has 11 rings (SSSR count). The van der Waals surface area contributed by atoms with Crippen molar-refractivity contribution in [1.29, 1.82) is 0 Å². The summed E-state index contributed by atoms with van der Waals surface area (Å²) in [5.41, 5.74) is 18.7. The number of pyridine rings is 3. The molecule has 0 aliphatic rings. The largest absolute Gasteiger partial charge is 2.00 e. The molecular weight excluding hydrogens is 1060 g/mol. The van der Waals surface area contributed by atoms with E-state index in [1.807, 2.05) is 30.6 Å². The van der Waals surface area contributed by atoms with Crippen molar-refractivity contribution in [3.63, 3.8) is 0 Å². The Morgan fingerprint density at radius 2 is 0.819 bits per heavy atom. The van der Waals surface area contributed by atoms with Crippen LogP contribution in [0.15, 0.2) is 128 Å². The van der Waals surface area contributed by atoms with Crippen LogP contribution in [-0.4, -0.2) is 23.8 Å². The standard InChI is InChI=1S/C65H63N5O.Pt/c1-36(2)45-17-13-18-46(37(3)4)60(45)42-24-27-53-51-28-25-43(32-55(51)64-67-34-58(69(64)57(53)31-42)61-47(38(5)6)19-14-20-48(61)39(7)8)71-44-26-29-52-54-23-16-30-66-63(54)70-59(35-68-65(70)56(52)33-44)62-49(40(9)10)21-15-22-50(62)41(11)12;/h13-31,34-41H,1-12H3;/q-2;+2. The van der Waals surface area contributed by atoms with Gasteiger partial charge in [0.25, 0.3) is 0 Å². The number of hydrogen-bond donors (Lipinski definition) is 0. The zero-order chi connectivity index (χ0) is 49.6. The molecule has 0 fully saturated rings. The van der Waals surface area contributed by atoms with E-state index in [0.717, 1.165) is 66.2 Å². The zero-order valence-electron chi connectivity index (χ0n) is 43.5. The maximum absolute atomic E-state index is 6.85. The van der Waals surface area contributed by atoms with Crippen LogP contribution in [0.5, 0.6) is 11.5 Å². The van der Waals surface area contributed by atoms with Gasteiger partial charge in [-0.2, -0.15) is 0 Å². The minimum absolute atomic E-state index is 0. The molecule has 0 bridgehead atoms. The predicted molar refractivity (Wildman–Crippen MR) is 297 cm³/mol. The molecule has 5 heterocycles. The van der Waals surface area contributed by atoms with Crippen LogP contribution in [0.3, 0.4) is 0 Å². The number of aromatic nitrogens is 5. The summed E-state index contributed by atoms with van der Waals surface area (Å²) >= 11 is 0. The van der Waals surface area contributed by atoms with E-state index in [9.17, 15) is 0 Å². The zero-order valence-corrected chi connectivity index (χ0v) is 45.8. The van der Waals surface area contributed by atoms with Crippen molar-refractivity contribution < 1.29 is 25.8 Å². The molecule has 0 N–H and O–H groups in total. The number of nitrogens with zero attached hydrogens (tertiary/aromatic N) is 5. The van der Waals surface area contributed by atoms with Gasteiger partial charge in [0.15, 0.2) is 0 Å². The summed E-state index contributed by atoms with van der Waals surface area (Å²) in [4.78, 5) is 15.5. The molecular formula is C65H63N5OPt. The van der Waals surface area contributed by atoms with E-state index in [-0.39, 0.29) is 21.1 Å². The Balaban J connectivity index is 0.00000596. The van der Waals surface area contributed by atoms with Crippen molar-refractivity contribution in [3.05, 3.63) is 173 Å². The van der Waals surface area contributed by atoms with Gasteiger partial charge >= 0.3 is 21.1 Å². The number of fused-ring (bicyclic) bond motifs is 12. The molecule has 0 saturated carbocycles. The van der Waals surface area contributed by atoms with Crippen LogP contribution in [0.4, 0.5) is 0 Å². The van der Waals surface area contributed by atoms with Crippen LogP contribution in [-0.2, 0) is 21.1 Å². The average Bonchev–Trinajstić information content (AvgIpc) is 4.02. The third-order valence-electron chi connectivity index (χ3n) is 14.8. The van der Waals surface area contributed by atoms with Gasteiger partial charge in [0, 0.05) is 46.7 Å². The normalized spacial score (nSPS) is 12.2. The van der Waals surface area contributed by atoms with Crippen LogP contribution < -0.4 is 4.74 Å². The molecule has 0 radical (unpaired) electrons. The van der Waals surface area contributed by atoms with E-state index >= 15 is 0 Å². The Kier molecular flexibility index (Phi) is 13.0. The van der Waals surface area contributed by atoms with E-state index in [2.05, 4.69) is 201 Å². The third-order valence-corrected chi connectivity index (χ3v) is 14.8. The summed E-state index contributed by atoms with van der Waals surface area (Å²) in [5, 5.41) is 6.02. The van der Waals surface area contributed by atoms with Gasteiger partial charge < -0.3 is 13.5 Å². The average molecular weight is 1130 g/mol. The molecule has 7 heteroatoms. The van der Waals surface area contributed by atoms with Gasteiger partial charge in [-0.15, -0.1) is 12.1 Å². The quantitative estimate of drug-likeness (QED) is 0.0957. The molecule has 11 aromatic rings. The van der Waals surface area contributed by atoms with Crippen LogP contribution in [0.25, 0.3) is 88.4 Å². The van der Waals surface area contributed by atoms with Crippen molar-refractivity contribution in [2.75, 3.05) is 0 Å². The Hall–Kier alpha value is -6.62. The number of ether oxygens (including phenoxy) is 1. The minimum atomic E-state index is 0. The Labute approximate surface area is 438 Å². The van der Waals surface area contributed by atoms with Crippen LogP contribution in [0.2, 0.25) is 0 Å². The predicted octanol–water partition coefficient (Wildman–Crippen LogP) is 18.1. The second-order valence-electron chi connectivity index (χ2n) is 21.4. The van der Waals surface area contributed by atoms with Crippen LogP contribution >= 0.6 is 0 Å². The van der Waals surface area contributed by atoms with Gasteiger partial charge in [0.1, 0.15) is 5.65 Å². The first kappa shape index (κ1) is 49.0. The number of benzene rings is 6. The molecule has 0 saturated heterocycles. The van der Waals surface area contributed by atoms with Gasteiger partial charge in [0.05, 0.1) is 22.7 Å². The minimum Gasteiger partial charge on any atom is -0.497 e. The molecule has 6 aromatic carbocycles. The summed E-state index contributed by atoms with van der Waals surface area (Å²) in [6.07, 6.45) is 5.97. The molecule has 0 spiro atoms. The van der Waals surface area contributed by atoms with Gasteiger partial charge in [-0.3, -0.25) is 9.97 Å². The first-order valence-corrected chi connectivity index (χ1v) is 25.7. The second-order valence-corrected chi connectivity index (χ2v) is 21.4. The number of hydrogen-bond acceptors (Lipinski definition) is 4.